The van der Waals surface area contributed by atoms with Crippen molar-refractivity contribution in [3.63, 3.8) is 0 Å². The Hall–Kier alpha value is -0.610. The Morgan fingerprint density at radius 1 is 1.29 bits per heavy atom. The quantitative estimate of drug-likeness (QED) is 0.773. The molecule has 0 spiro atoms. The van der Waals surface area contributed by atoms with Gasteiger partial charge >= 0.3 is 0 Å². The Balaban J connectivity index is 2.61. The van der Waals surface area contributed by atoms with Crippen LogP contribution in [-0.2, 0) is 4.79 Å². The maximum absolute atomic E-state index is 12.1. The van der Waals surface area contributed by atoms with E-state index in [-0.39, 0.29) is 11.3 Å². The molecule has 0 aromatic carbocycles. The molecule has 1 fully saturated rings. The third kappa shape index (κ3) is 3.68. The summed E-state index contributed by atoms with van der Waals surface area (Å²) in [5.74, 6) is -0.0712. The van der Waals surface area contributed by atoms with E-state index in [1.165, 1.54) is 6.42 Å². The smallest absolute Gasteiger partial charge is 0.251 e. The third-order valence-corrected chi connectivity index (χ3v) is 3.65. The molecule has 0 aliphatic carbocycles. The van der Waals surface area contributed by atoms with Crippen LogP contribution in [0.2, 0.25) is 0 Å². The van der Waals surface area contributed by atoms with E-state index in [1.807, 2.05) is 20.8 Å². The molecule has 0 aromatic heterocycles. The van der Waals surface area contributed by atoms with Crippen molar-refractivity contribution in [1.29, 1.82) is 0 Å². The van der Waals surface area contributed by atoms with Crippen LogP contribution in [0.5, 0.6) is 0 Å². The molecule has 17 heavy (non-hydrogen) atoms. The lowest BCUT2D eigenvalue weighted by Gasteiger charge is -2.40. The largest absolute Gasteiger partial charge is 0.319 e. The molecule has 100 valence electrons. The molecule has 1 saturated heterocycles. The van der Waals surface area contributed by atoms with E-state index in [1.54, 1.807) is 0 Å². The number of carbonyl (C=O) groups excluding carboxylic acids is 1. The van der Waals surface area contributed by atoms with Crippen LogP contribution in [0.25, 0.3) is 0 Å². The average Bonchev–Trinajstić information content (AvgIpc) is 2.21. The first-order valence-electron chi connectivity index (χ1n) is 6.58. The maximum Gasteiger partial charge on any atom is 0.251 e. The first-order valence-corrected chi connectivity index (χ1v) is 6.58. The number of nitrogens with zero attached hydrogens (tertiary/aromatic N) is 1. The monoisotopic (exact) mass is 241 g/mol. The van der Waals surface area contributed by atoms with Crippen molar-refractivity contribution in [3.8, 4) is 0 Å². The summed E-state index contributed by atoms with van der Waals surface area (Å²) in [5, 5.41) is 2.07. The Labute approximate surface area is 105 Å². The molecule has 4 nitrogen and oxygen atoms in total. The van der Waals surface area contributed by atoms with Gasteiger partial charge in [-0.3, -0.25) is 10.2 Å². The number of carbonyl (C=O) groups is 1. The van der Waals surface area contributed by atoms with Gasteiger partial charge in [0.25, 0.3) is 5.91 Å². The Kier molecular flexibility index (Phi) is 4.55. The van der Waals surface area contributed by atoms with Gasteiger partial charge in [0.15, 0.2) is 0 Å². The predicted molar refractivity (Wildman–Crippen MR) is 70.2 cm³/mol. The molecule has 0 radical (unpaired) electrons. The number of hydrogen-bond donors (Lipinski definition) is 2. The fraction of sp³-hybridized carbons (Fsp3) is 0.923. The van der Waals surface area contributed by atoms with Gasteiger partial charge < -0.3 is 5.73 Å². The number of amides is 1. The lowest BCUT2D eigenvalue weighted by atomic mass is 9.87. The van der Waals surface area contributed by atoms with Crippen molar-refractivity contribution in [2.45, 2.75) is 72.0 Å². The SMILES string of the molecule is CC1CCCC(C)N1NC(=O)[C@H](N)C(C)(C)C. The van der Waals surface area contributed by atoms with Crippen molar-refractivity contribution in [2.24, 2.45) is 11.1 Å². The van der Waals surface area contributed by atoms with Crippen LogP contribution < -0.4 is 11.2 Å². The number of piperidine rings is 1. The molecule has 1 amide bonds. The second-order valence-corrected chi connectivity index (χ2v) is 6.36. The zero-order valence-electron chi connectivity index (χ0n) is 11.8. The van der Waals surface area contributed by atoms with Gasteiger partial charge in [-0.05, 0) is 32.1 Å². The Bertz CT molecular complexity index is 262. The zero-order chi connectivity index (χ0) is 13.2. The topological polar surface area (TPSA) is 58.4 Å². The van der Waals surface area contributed by atoms with Gasteiger partial charge in [0.2, 0.25) is 0 Å². The Morgan fingerprint density at radius 2 is 1.76 bits per heavy atom. The lowest BCUT2D eigenvalue weighted by Crippen LogP contribution is -2.59. The second-order valence-electron chi connectivity index (χ2n) is 6.36. The molecule has 2 unspecified atom stereocenters. The standard InChI is InChI=1S/C13H27N3O/c1-9-7-6-8-10(2)16(9)15-12(17)11(14)13(3,4)5/h9-11H,6-8,14H2,1-5H3,(H,15,17)/t9?,10?,11-/m0/s1. The average molecular weight is 241 g/mol. The highest BCUT2D eigenvalue weighted by Crippen LogP contribution is 2.22. The van der Waals surface area contributed by atoms with Crippen molar-refractivity contribution < 1.29 is 4.79 Å². The number of hydrazine groups is 1. The molecule has 4 heteroatoms. The summed E-state index contributed by atoms with van der Waals surface area (Å²) >= 11 is 0. The van der Waals surface area contributed by atoms with Crippen LogP contribution in [0, 0.1) is 5.41 Å². The maximum atomic E-state index is 12.1. The molecule has 0 bridgehead atoms. The molecule has 1 aliphatic rings. The van der Waals surface area contributed by atoms with E-state index in [4.69, 9.17) is 5.73 Å². The summed E-state index contributed by atoms with van der Waals surface area (Å²) in [6.45, 7) is 10.3. The summed E-state index contributed by atoms with van der Waals surface area (Å²) in [6, 6.07) is 0.327. The first-order chi connectivity index (χ1) is 7.73. The fourth-order valence-electron chi connectivity index (χ4n) is 2.23. The van der Waals surface area contributed by atoms with E-state index in [9.17, 15) is 4.79 Å². The molecule has 0 aromatic rings. The third-order valence-electron chi connectivity index (χ3n) is 3.65. The number of nitrogens with two attached hydrogens (primary N) is 1. The highest BCUT2D eigenvalue weighted by atomic mass is 16.2. The molecule has 3 atom stereocenters. The minimum atomic E-state index is -0.469. The highest BCUT2D eigenvalue weighted by Gasteiger charge is 2.32. The summed E-state index contributed by atoms with van der Waals surface area (Å²) in [7, 11) is 0. The van der Waals surface area contributed by atoms with Crippen LogP contribution in [-0.4, -0.2) is 29.0 Å². The molecular formula is C13H27N3O. The van der Waals surface area contributed by atoms with Crippen LogP contribution in [0.4, 0.5) is 0 Å². The van der Waals surface area contributed by atoms with Gasteiger partial charge in [-0.25, -0.2) is 5.01 Å². The van der Waals surface area contributed by atoms with Crippen molar-refractivity contribution >= 4 is 5.91 Å². The van der Waals surface area contributed by atoms with Crippen LogP contribution >= 0.6 is 0 Å². The lowest BCUT2D eigenvalue weighted by molar-refractivity contribution is -0.132. The van der Waals surface area contributed by atoms with Crippen molar-refractivity contribution in [1.82, 2.24) is 10.4 Å². The van der Waals surface area contributed by atoms with E-state index < -0.39 is 6.04 Å². The second kappa shape index (κ2) is 5.36. The molecule has 1 rings (SSSR count). The van der Waals surface area contributed by atoms with Crippen LogP contribution in [0.1, 0.15) is 53.9 Å². The van der Waals surface area contributed by atoms with E-state index >= 15 is 0 Å². The van der Waals surface area contributed by atoms with Gasteiger partial charge in [0, 0.05) is 12.1 Å². The highest BCUT2D eigenvalue weighted by molar-refractivity contribution is 5.81. The summed E-state index contributed by atoms with van der Waals surface area (Å²) in [6.07, 6.45) is 3.50. The molecule has 1 aliphatic heterocycles. The van der Waals surface area contributed by atoms with Gasteiger partial charge in [0.05, 0.1) is 6.04 Å². The first kappa shape index (κ1) is 14.5. The van der Waals surface area contributed by atoms with E-state index in [0.717, 1.165) is 12.8 Å². The molecular weight excluding hydrogens is 214 g/mol. The normalized spacial score (nSPS) is 28.8. The van der Waals surface area contributed by atoms with Gasteiger partial charge in [-0.15, -0.1) is 0 Å². The van der Waals surface area contributed by atoms with Gasteiger partial charge in [-0.2, -0.15) is 0 Å². The fourth-order valence-corrected chi connectivity index (χ4v) is 2.23. The van der Waals surface area contributed by atoms with Gasteiger partial charge in [-0.1, -0.05) is 27.2 Å². The summed E-state index contributed by atoms with van der Waals surface area (Å²) < 4.78 is 0. The number of hydrogen-bond acceptors (Lipinski definition) is 3. The predicted octanol–water partition coefficient (Wildman–Crippen LogP) is 1.65. The molecule has 3 N–H and O–H groups in total. The Morgan fingerprint density at radius 3 is 2.18 bits per heavy atom. The van der Waals surface area contributed by atoms with Crippen LogP contribution in [0.3, 0.4) is 0 Å². The molecule has 1 heterocycles. The minimum absolute atomic E-state index is 0.0712. The molecule has 0 saturated carbocycles. The summed E-state index contributed by atoms with van der Waals surface area (Å²) in [4.78, 5) is 12.1. The zero-order valence-corrected chi connectivity index (χ0v) is 11.8. The van der Waals surface area contributed by atoms with Gasteiger partial charge in [0.1, 0.15) is 0 Å². The van der Waals surface area contributed by atoms with E-state index in [0.29, 0.717) is 12.1 Å². The number of nitrogens with one attached hydrogen (secondary N) is 1. The van der Waals surface area contributed by atoms with Crippen molar-refractivity contribution in [2.75, 3.05) is 0 Å². The number of rotatable bonds is 2. The van der Waals surface area contributed by atoms with Crippen LogP contribution in [0.15, 0.2) is 0 Å². The summed E-state index contributed by atoms with van der Waals surface area (Å²) in [5.41, 5.74) is 8.76. The minimum Gasteiger partial charge on any atom is -0.319 e. The van der Waals surface area contributed by atoms with E-state index in [2.05, 4.69) is 24.3 Å². The van der Waals surface area contributed by atoms with Crippen molar-refractivity contribution in [3.05, 3.63) is 0 Å².